The van der Waals surface area contributed by atoms with E-state index in [0.717, 1.165) is 36.4 Å². The first-order valence-corrected chi connectivity index (χ1v) is 11.4. The van der Waals surface area contributed by atoms with Gasteiger partial charge in [0.05, 0.1) is 21.0 Å². The van der Waals surface area contributed by atoms with Gasteiger partial charge in [0, 0.05) is 16.9 Å². The van der Waals surface area contributed by atoms with E-state index in [2.05, 4.69) is 5.32 Å². The molecule has 0 saturated carbocycles. The van der Waals surface area contributed by atoms with Crippen LogP contribution in [0.2, 0.25) is 5.02 Å². The van der Waals surface area contributed by atoms with Gasteiger partial charge in [0.15, 0.2) is 0 Å². The molecule has 0 bridgehead atoms. The van der Waals surface area contributed by atoms with Crippen molar-refractivity contribution in [1.29, 1.82) is 0 Å². The summed E-state index contributed by atoms with van der Waals surface area (Å²) in [6.07, 6.45) is -9.46. The molecule has 5 nitrogen and oxygen atoms in total. The number of halogens is 7. The number of aryl methyl sites for hydroxylation is 1. The fourth-order valence-electron chi connectivity index (χ4n) is 3.00. The molecule has 0 heterocycles. The number of nitrogens with one attached hydrogen (secondary N) is 2. The molecule has 3 rings (SSSR count). The van der Waals surface area contributed by atoms with Crippen LogP contribution in [0.15, 0.2) is 65.6 Å². The van der Waals surface area contributed by atoms with Gasteiger partial charge >= 0.3 is 12.4 Å². The highest BCUT2D eigenvalue weighted by Gasteiger charge is 2.34. The molecular formula is C22H15ClF6N2O3S. The first kappa shape index (κ1) is 26.4. The quantitative estimate of drug-likeness (QED) is 0.355. The Balaban J connectivity index is 1.89. The van der Waals surface area contributed by atoms with Crippen molar-refractivity contribution in [2.24, 2.45) is 0 Å². The van der Waals surface area contributed by atoms with Crippen LogP contribution in [0, 0.1) is 6.92 Å². The van der Waals surface area contributed by atoms with Crippen LogP contribution in [0.1, 0.15) is 27.0 Å². The summed E-state index contributed by atoms with van der Waals surface area (Å²) in [5, 5.41) is 1.66. The second kappa shape index (κ2) is 9.42. The largest absolute Gasteiger partial charge is 0.417 e. The number of hydrogen-bond acceptors (Lipinski definition) is 3. The lowest BCUT2D eigenvalue weighted by Crippen LogP contribution is -2.18. The molecule has 3 aromatic rings. The molecule has 0 unspecified atom stereocenters. The summed E-state index contributed by atoms with van der Waals surface area (Å²) in [5.41, 5.74) is -2.69. The van der Waals surface area contributed by atoms with Crippen LogP contribution in [0.4, 0.5) is 37.7 Å². The molecule has 0 spiro atoms. The summed E-state index contributed by atoms with van der Waals surface area (Å²) >= 11 is 5.54. The lowest BCUT2D eigenvalue weighted by molar-refractivity contribution is -0.138. The Kier molecular flexibility index (Phi) is 7.09. The van der Waals surface area contributed by atoms with E-state index in [1.165, 1.54) is 19.1 Å². The molecule has 0 aromatic heterocycles. The van der Waals surface area contributed by atoms with Crippen LogP contribution < -0.4 is 10.0 Å². The molecule has 2 N–H and O–H groups in total. The van der Waals surface area contributed by atoms with Crippen LogP contribution in [-0.2, 0) is 22.4 Å². The van der Waals surface area contributed by atoms with E-state index in [1.54, 1.807) is 0 Å². The number of amides is 1. The Hall–Kier alpha value is -3.25. The lowest BCUT2D eigenvalue weighted by Gasteiger charge is -2.14. The van der Waals surface area contributed by atoms with E-state index in [0.29, 0.717) is 17.7 Å². The highest BCUT2D eigenvalue weighted by molar-refractivity contribution is 7.92. The summed E-state index contributed by atoms with van der Waals surface area (Å²) in [6, 6.07) is 9.65. The first-order chi connectivity index (χ1) is 16.1. The van der Waals surface area contributed by atoms with Gasteiger partial charge < -0.3 is 5.32 Å². The van der Waals surface area contributed by atoms with Crippen molar-refractivity contribution < 1.29 is 39.6 Å². The summed E-state index contributed by atoms with van der Waals surface area (Å²) < 4.78 is 105. The molecule has 0 fully saturated rings. The zero-order chi connectivity index (χ0) is 26.2. The smallest absolute Gasteiger partial charge is 0.322 e. The van der Waals surface area contributed by atoms with Crippen LogP contribution in [-0.4, -0.2) is 14.3 Å². The fraction of sp³-hybridized carbons (Fsp3) is 0.136. The van der Waals surface area contributed by atoms with Crippen molar-refractivity contribution in [2.75, 3.05) is 10.0 Å². The maximum absolute atomic E-state index is 13.1. The number of carbonyl (C=O) groups excluding carboxylic acids is 1. The second-order valence-corrected chi connectivity index (χ2v) is 9.40. The Bertz CT molecular complexity index is 1390. The summed E-state index contributed by atoms with van der Waals surface area (Å²) in [5.74, 6) is -0.885. The molecular weight excluding hydrogens is 522 g/mol. The van der Waals surface area contributed by atoms with E-state index < -0.39 is 55.0 Å². The van der Waals surface area contributed by atoms with Crippen molar-refractivity contribution >= 4 is 38.9 Å². The molecule has 35 heavy (non-hydrogen) atoms. The third-order valence-corrected chi connectivity index (χ3v) is 6.44. The van der Waals surface area contributed by atoms with Crippen molar-refractivity contribution in [3.63, 3.8) is 0 Å². The maximum Gasteiger partial charge on any atom is 0.417 e. The Morgan fingerprint density at radius 1 is 0.857 bits per heavy atom. The normalized spacial score (nSPS) is 12.3. The van der Waals surface area contributed by atoms with E-state index in [-0.39, 0.29) is 11.3 Å². The third-order valence-electron chi connectivity index (χ3n) is 4.74. The molecule has 0 atom stereocenters. The van der Waals surface area contributed by atoms with Crippen molar-refractivity contribution in [3.05, 3.63) is 87.9 Å². The minimum Gasteiger partial charge on any atom is -0.322 e. The predicted octanol–water partition coefficient (Wildman–Crippen LogP) is 6.74. The molecule has 0 aliphatic rings. The van der Waals surface area contributed by atoms with Gasteiger partial charge in [-0.25, -0.2) is 8.42 Å². The van der Waals surface area contributed by atoms with Gasteiger partial charge in [0.2, 0.25) is 0 Å². The number of benzene rings is 3. The van der Waals surface area contributed by atoms with Crippen LogP contribution in [0.25, 0.3) is 0 Å². The van der Waals surface area contributed by atoms with Gasteiger partial charge in [-0.2, -0.15) is 26.3 Å². The molecule has 0 aliphatic carbocycles. The topological polar surface area (TPSA) is 75.3 Å². The monoisotopic (exact) mass is 536 g/mol. The number of carbonyl (C=O) groups is 1. The molecule has 186 valence electrons. The molecule has 0 aliphatic heterocycles. The highest BCUT2D eigenvalue weighted by atomic mass is 35.5. The standard InChI is InChI=1S/C22H15ClF6N2O3S/c1-12-5-7-16(35(33,34)31-15-6-8-19(23)18(10-15)22(27,28)29)11-17(12)20(32)30-14-4-2-3-13(9-14)21(24,25)26/h2-11,31H,1H3,(H,30,32). The molecule has 0 radical (unpaired) electrons. The molecule has 1 amide bonds. The molecule has 0 saturated heterocycles. The zero-order valence-corrected chi connectivity index (χ0v) is 19.1. The van der Waals surface area contributed by atoms with E-state index in [4.69, 9.17) is 11.6 Å². The summed E-state index contributed by atoms with van der Waals surface area (Å²) in [7, 11) is -4.45. The fourth-order valence-corrected chi connectivity index (χ4v) is 4.30. The number of sulfonamides is 1. The minimum absolute atomic E-state index is 0.169. The number of rotatable bonds is 5. The van der Waals surface area contributed by atoms with E-state index >= 15 is 0 Å². The zero-order valence-electron chi connectivity index (χ0n) is 17.6. The summed E-state index contributed by atoms with van der Waals surface area (Å²) in [6.45, 7) is 1.47. The summed E-state index contributed by atoms with van der Waals surface area (Å²) in [4.78, 5) is 12.2. The van der Waals surface area contributed by atoms with Crippen molar-refractivity contribution in [1.82, 2.24) is 0 Å². The van der Waals surface area contributed by atoms with Gasteiger partial charge in [-0.15, -0.1) is 0 Å². The second-order valence-electron chi connectivity index (χ2n) is 7.31. The number of hydrogen-bond donors (Lipinski definition) is 2. The Morgan fingerprint density at radius 3 is 2.17 bits per heavy atom. The van der Waals surface area contributed by atoms with Gasteiger partial charge in [-0.1, -0.05) is 23.7 Å². The van der Waals surface area contributed by atoms with Crippen LogP contribution in [0.5, 0.6) is 0 Å². The van der Waals surface area contributed by atoms with Gasteiger partial charge in [0.1, 0.15) is 0 Å². The number of alkyl halides is 6. The predicted molar refractivity (Wildman–Crippen MR) is 118 cm³/mol. The van der Waals surface area contributed by atoms with Crippen molar-refractivity contribution in [2.45, 2.75) is 24.2 Å². The maximum atomic E-state index is 13.1. The lowest BCUT2D eigenvalue weighted by atomic mass is 10.1. The Morgan fingerprint density at radius 2 is 1.54 bits per heavy atom. The average Bonchev–Trinajstić information content (AvgIpc) is 2.74. The van der Waals surface area contributed by atoms with Gasteiger partial charge in [-0.05, 0) is 61.0 Å². The highest BCUT2D eigenvalue weighted by Crippen LogP contribution is 2.36. The van der Waals surface area contributed by atoms with Crippen molar-refractivity contribution in [3.8, 4) is 0 Å². The molecule has 3 aromatic carbocycles. The Labute approximate surface area is 200 Å². The van der Waals surface area contributed by atoms with Crippen LogP contribution in [0.3, 0.4) is 0 Å². The first-order valence-electron chi connectivity index (χ1n) is 9.57. The molecule has 13 heteroatoms. The minimum atomic E-state index is -4.82. The number of anilines is 2. The van der Waals surface area contributed by atoms with E-state index in [1.807, 2.05) is 4.72 Å². The SMILES string of the molecule is Cc1ccc(S(=O)(=O)Nc2ccc(Cl)c(C(F)(F)F)c2)cc1C(=O)Nc1cccc(C(F)(F)F)c1. The van der Waals surface area contributed by atoms with Gasteiger partial charge in [-0.3, -0.25) is 9.52 Å². The third kappa shape index (κ3) is 6.25. The van der Waals surface area contributed by atoms with Gasteiger partial charge in [0.25, 0.3) is 15.9 Å². The van der Waals surface area contributed by atoms with Crippen LogP contribution >= 0.6 is 11.6 Å². The van der Waals surface area contributed by atoms with E-state index in [9.17, 15) is 39.6 Å². The average molecular weight is 537 g/mol.